The highest BCUT2D eigenvalue weighted by molar-refractivity contribution is 6.31. The molecule has 0 saturated carbocycles. The standard InChI is InChI=1S/C22H31ClFN3O3/c1-14(28)6-4-3-5-7-17(20-12-15(21(25)29)10-11-27(20)2)22(30)26-16-8-9-19(24)18(23)13-16/h8-9,13,15,17,20H,3-7,10-12H2,1-2H3,(H2,25,29)(H,26,30)/t15?,17-,20?/m0/s1. The van der Waals surface area contributed by atoms with E-state index in [0.29, 0.717) is 37.9 Å². The zero-order chi connectivity index (χ0) is 22.3. The maximum Gasteiger partial charge on any atom is 0.229 e. The number of amides is 2. The summed E-state index contributed by atoms with van der Waals surface area (Å²) in [6, 6.07) is 3.94. The Balaban J connectivity index is 2.12. The Morgan fingerprint density at radius 3 is 2.67 bits per heavy atom. The lowest BCUT2D eigenvalue weighted by Crippen LogP contribution is -2.50. The third kappa shape index (κ3) is 7.06. The van der Waals surface area contributed by atoms with Crippen molar-refractivity contribution in [2.45, 2.75) is 57.9 Å². The number of carbonyl (C=O) groups excluding carboxylic acids is 3. The van der Waals surface area contributed by atoms with Crippen LogP contribution in [0.2, 0.25) is 5.02 Å². The lowest BCUT2D eigenvalue weighted by Gasteiger charge is -2.40. The Bertz CT molecular complexity index is 774. The van der Waals surface area contributed by atoms with Crippen molar-refractivity contribution in [3.05, 3.63) is 29.0 Å². The van der Waals surface area contributed by atoms with Gasteiger partial charge < -0.3 is 20.7 Å². The second kappa shape index (κ2) is 11.4. The van der Waals surface area contributed by atoms with Crippen LogP contribution < -0.4 is 11.1 Å². The van der Waals surface area contributed by atoms with Gasteiger partial charge in [-0.1, -0.05) is 24.4 Å². The normalized spacial score (nSPS) is 20.5. The van der Waals surface area contributed by atoms with E-state index in [-0.39, 0.29) is 40.5 Å². The Hall–Kier alpha value is -1.99. The number of Topliss-reactive ketones (excluding diaryl/α,β-unsaturated/α-hetero) is 1. The molecule has 1 aliphatic heterocycles. The molecule has 2 unspecified atom stereocenters. The van der Waals surface area contributed by atoms with Gasteiger partial charge in [0.05, 0.1) is 10.9 Å². The number of nitrogens with zero attached hydrogens (tertiary/aromatic N) is 1. The molecule has 0 bridgehead atoms. The molecule has 0 radical (unpaired) electrons. The Labute approximate surface area is 182 Å². The Morgan fingerprint density at radius 2 is 2.03 bits per heavy atom. The summed E-state index contributed by atoms with van der Waals surface area (Å²) in [5.74, 6) is -1.52. The number of carbonyl (C=O) groups is 3. The lowest BCUT2D eigenvalue weighted by atomic mass is 9.81. The third-order valence-corrected chi connectivity index (χ3v) is 6.15. The van der Waals surface area contributed by atoms with Crippen LogP contribution >= 0.6 is 11.6 Å². The number of hydrogen-bond donors (Lipinski definition) is 2. The second-order valence-electron chi connectivity index (χ2n) is 8.20. The van der Waals surface area contributed by atoms with Gasteiger partial charge >= 0.3 is 0 Å². The van der Waals surface area contributed by atoms with Crippen LogP contribution in [0.1, 0.15) is 51.9 Å². The van der Waals surface area contributed by atoms with Crippen LogP contribution in [0.3, 0.4) is 0 Å². The first-order chi connectivity index (χ1) is 14.2. The number of rotatable bonds is 10. The molecule has 0 aliphatic carbocycles. The molecule has 1 aromatic rings. The van der Waals surface area contributed by atoms with E-state index in [0.717, 1.165) is 19.3 Å². The highest BCUT2D eigenvalue weighted by atomic mass is 35.5. The molecule has 2 amide bonds. The summed E-state index contributed by atoms with van der Waals surface area (Å²) >= 11 is 5.83. The van der Waals surface area contributed by atoms with Crippen molar-refractivity contribution < 1.29 is 18.8 Å². The Morgan fingerprint density at radius 1 is 1.30 bits per heavy atom. The van der Waals surface area contributed by atoms with Crippen molar-refractivity contribution in [2.24, 2.45) is 17.6 Å². The molecule has 30 heavy (non-hydrogen) atoms. The zero-order valence-corrected chi connectivity index (χ0v) is 18.4. The highest BCUT2D eigenvalue weighted by Gasteiger charge is 2.37. The van der Waals surface area contributed by atoms with Gasteiger partial charge in [0.25, 0.3) is 0 Å². The minimum Gasteiger partial charge on any atom is -0.369 e. The summed E-state index contributed by atoms with van der Waals surface area (Å²) in [6.07, 6.45) is 4.81. The number of halogens is 2. The van der Waals surface area contributed by atoms with Crippen molar-refractivity contribution in [1.82, 2.24) is 4.90 Å². The smallest absolute Gasteiger partial charge is 0.229 e. The average molecular weight is 440 g/mol. The molecule has 6 nitrogen and oxygen atoms in total. The SMILES string of the molecule is CC(=O)CCCCC[C@H](C(=O)Nc1ccc(F)c(Cl)c1)C1CC(C(N)=O)CCN1C. The molecular formula is C22H31ClFN3O3. The van der Waals surface area contributed by atoms with Gasteiger partial charge in [0, 0.05) is 24.1 Å². The predicted octanol–water partition coefficient (Wildman–Crippen LogP) is 3.77. The summed E-state index contributed by atoms with van der Waals surface area (Å²) in [5.41, 5.74) is 5.96. The molecule has 2 rings (SSSR count). The van der Waals surface area contributed by atoms with Crippen molar-refractivity contribution in [3.8, 4) is 0 Å². The van der Waals surface area contributed by atoms with Crippen LogP contribution in [0, 0.1) is 17.7 Å². The first kappa shape index (κ1) is 24.3. The van der Waals surface area contributed by atoms with Crippen molar-refractivity contribution in [2.75, 3.05) is 18.9 Å². The number of nitrogens with two attached hydrogens (primary N) is 1. The van der Waals surface area contributed by atoms with E-state index in [1.54, 1.807) is 6.92 Å². The van der Waals surface area contributed by atoms with E-state index in [9.17, 15) is 18.8 Å². The minimum atomic E-state index is -0.548. The van der Waals surface area contributed by atoms with Gasteiger partial charge in [-0.2, -0.15) is 0 Å². The topological polar surface area (TPSA) is 92.5 Å². The fourth-order valence-corrected chi connectivity index (χ4v) is 4.25. The summed E-state index contributed by atoms with van der Waals surface area (Å²) < 4.78 is 13.4. The van der Waals surface area contributed by atoms with Crippen LogP contribution in [0.25, 0.3) is 0 Å². The third-order valence-electron chi connectivity index (χ3n) is 5.86. The number of anilines is 1. The number of unbranched alkanes of at least 4 members (excludes halogenated alkanes) is 2. The molecule has 1 saturated heterocycles. The molecule has 166 valence electrons. The first-order valence-corrected chi connectivity index (χ1v) is 10.8. The van der Waals surface area contributed by atoms with E-state index in [1.807, 2.05) is 7.05 Å². The number of nitrogens with one attached hydrogen (secondary N) is 1. The fraction of sp³-hybridized carbons (Fsp3) is 0.591. The van der Waals surface area contributed by atoms with Crippen LogP contribution in [0.5, 0.6) is 0 Å². The predicted molar refractivity (Wildman–Crippen MR) is 116 cm³/mol. The second-order valence-corrected chi connectivity index (χ2v) is 8.60. The molecule has 1 aliphatic rings. The zero-order valence-electron chi connectivity index (χ0n) is 17.6. The Kier molecular flexibility index (Phi) is 9.24. The number of primary amides is 1. The molecule has 0 aromatic heterocycles. The largest absolute Gasteiger partial charge is 0.369 e. The molecule has 3 N–H and O–H groups in total. The van der Waals surface area contributed by atoms with E-state index in [1.165, 1.54) is 18.2 Å². The number of ketones is 1. The summed E-state index contributed by atoms with van der Waals surface area (Å²) in [4.78, 5) is 38.2. The monoisotopic (exact) mass is 439 g/mol. The van der Waals surface area contributed by atoms with Gasteiger partial charge in [0.2, 0.25) is 11.8 Å². The minimum absolute atomic E-state index is 0.0582. The van der Waals surface area contributed by atoms with Gasteiger partial charge in [-0.25, -0.2) is 4.39 Å². The summed E-state index contributed by atoms with van der Waals surface area (Å²) in [7, 11) is 1.95. The van der Waals surface area contributed by atoms with Crippen molar-refractivity contribution in [3.63, 3.8) is 0 Å². The van der Waals surface area contributed by atoms with Crippen molar-refractivity contribution in [1.29, 1.82) is 0 Å². The highest BCUT2D eigenvalue weighted by Crippen LogP contribution is 2.31. The maximum atomic E-state index is 13.4. The lowest BCUT2D eigenvalue weighted by molar-refractivity contribution is -0.128. The number of likely N-dealkylation sites (tertiary alicyclic amines) is 1. The van der Waals surface area contributed by atoms with E-state index >= 15 is 0 Å². The van der Waals surface area contributed by atoms with Gasteiger partial charge in [-0.3, -0.25) is 9.59 Å². The van der Waals surface area contributed by atoms with Gasteiger partial charge in [-0.05, 0) is 64.4 Å². The maximum absolute atomic E-state index is 13.4. The average Bonchev–Trinajstić information content (AvgIpc) is 2.68. The molecule has 1 heterocycles. The molecular weight excluding hydrogens is 409 g/mol. The van der Waals surface area contributed by atoms with Crippen LogP contribution in [0.4, 0.5) is 10.1 Å². The fourth-order valence-electron chi connectivity index (χ4n) is 4.07. The summed E-state index contributed by atoms with van der Waals surface area (Å²) in [5, 5.41) is 2.79. The van der Waals surface area contributed by atoms with Crippen LogP contribution in [-0.2, 0) is 14.4 Å². The van der Waals surface area contributed by atoms with Crippen LogP contribution in [0.15, 0.2) is 18.2 Å². The molecule has 0 spiro atoms. The molecule has 8 heteroatoms. The first-order valence-electron chi connectivity index (χ1n) is 10.4. The van der Waals surface area contributed by atoms with E-state index in [4.69, 9.17) is 17.3 Å². The van der Waals surface area contributed by atoms with Gasteiger partial charge in [0.15, 0.2) is 0 Å². The molecule has 1 aromatic carbocycles. The molecule has 1 fully saturated rings. The molecule has 3 atom stereocenters. The number of hydrogen-bond acceptors (Lipinski definition) is 4. The van der Waals surface area contributed by atoms with E-state index in [2.05, 4.69) is 10.2 Å². The van der Waals surface area contributed by atoms with Crippen LogP contribution in [-0.4, -0.2) is 42.1 Å². The van der Waals surface area contributed by atoms with Crippen molar-refractivity contribution >= 4 is 34.9 Å². The number of piperidine rings is 1. The summed E-state index contributed by atoms with van der Waals surface area (Å²) in [6.45, 7) is 2.26. The number of benzene rings is 1. The van der Waals surface area contributed by atoms with Gasteiger partial charge in [-0.15, -0.1) is 0 Å². The van der Waals surface area contributed by atoms with E-state index < -0.39 is 5.82 Å². The quantitative estimate of drug-likeness (QED) is 0.543. The van der Waals surface area contributed by atoms with Gasteiger partial charge in [0.1, 0.15) is 11.6 Å².